The fourth-order valence-electron chi connectivity index (χ4n) is 2.55. The third kappa shape index (κ3) is 3.92. The molecule has 0 fully saturated rings. The van der Waals surface area contributed by atoms with Gasteiger partial charge in [0.15, 0.2) is 5.17 Å². The Labute approximate surface area is 163 Å². The lowest BCUT2D eigenvalue weighted by Crippen LogP contribution is -2.30. The number of hydrogen-bond acceptors (Lipinski definition) is 3. The van der Waals surface area contributed by atoms with Crippen molar-refractivity contribution in [3.8, 4) is 0 Å². The number of aliphatic imine (C=N–C) groups is 1. The van der Waals surface area contributed by atoms with Crippen molar-refractivity contribution in [2.24, 2.45) is 4.99 Å². The maximum absolute atomic E-state index is 13.0. The molecule has 26 heavy (non-hydrogen) atoms. The van der Waals surface area contributed by atoms with Gasteiger partial charge in [0.1, 0.15) is 5.70 Å². The van der Waals surface area contributed by atoms with Crippen LogP contribution in [0.5, 0.6) is 0 Å². The second-order valence-electron chi connectivity index (χ2n) is 6.03. The SMILES string of the molecule is C=CCSC1=NC(=Cc2ccc(C)cc2)C(=O)N1c1ccc(C)cc1Cl. The number of anilines is 1. The van der Waals surface area contributed by atoms with Crippen molar-refractivity contribution in [1.29, 1.82) is 0 Å². The van der Waals surface area contributed by atoms with Crippen LogP contribution in [-0.2, 0) is 4.79 Å². The summed E-state index contributed by atoms with van der Waals surface area (Å²) in [5.74, 6) is 0.479. The molecule has 0 unspecified atom stereocenters. The van der Waals surface area contributed by atoms with Gasteiger partial charge in [0.05, 0.1) is 10.7 Å². The maximum atomic E-state index is 13.0. The highest BCUT2D eigenvalue weighted by molar-refractivity contribution is 8.14. The Bertz CT molecular complexity index is 916. The van der Waals surface area contributed by atoms with Crippen LogP contribution in [0.3, 0.4) is 0 Å². The van der Waals surface area contributed by atoms with Crippen LogP contribution in [0.2, 0.25) is 5.02 Å². The fraction of sp³-hybridized carbons (Fsp3) is 0.143. The molecule has 2 aromatic rings. The summed E-state index contributed by atoms with van der Waals surface area (Å²) in [4.78, 5) is 19.2. The first-order valence-electron chi connectivity index (χ1n) is 8.21. The predicted molar refractivity (Wildman–Crippen MR) is 113 cm³/mol. The van der Waals surface area contributed by atoms with E-state index in [1.165, 1.54) is 17.3 Å². The van der Waals surface area contributed by atoms with Crippen molar-refractivity contribution < 1.29 is 4.79 Å². The third-order valence-corrected chi connectivity index (χ3v) is 5.12. The van der Waals surface area contributed by atoms with Gasteiger partial charge in [-0.2, -0.15) is 0 Å². The highest BCUT2D eigenvalue weighted by Crippen LogP contribution is 2.34. The zero-order valence-corrected chi connectivity index (χ0v) is 16.3. The van der Waals surface area contributed by atoms with Crippen LogP contribution < -0.4 is 4.90 Å². The molecule has 1 aliphatic heterocycles. The standard InChI is InChI=1S/C21H19ClN2OS/c1-4-11-26-21-23-18(13-16-8-5-14(2)6-9-16)20(25)24(21)19-10-7-15(3)12-17(19)22/h4-10,12-13H,1,11H2,2-3H3. The number of thioether (sulfide) groups is 1. The van der Waals surface area contributed by atoms with Gasteiger partial charge in [-0.1, -0.05) is 65.3 Å². The van der Waals surface area contributed by atoms with E-state index in [0.717, 1.165) is 11.1 Å². The molecule has 0 atom stereocenters. The largest absolute Gasteiger partial charge is 0.283 e. The average molecular weight is 383 g/mol. The summed E-state index contributed by atoms with van der Waals surface area (Å²) in [6.07, 6.45) is 3.59. The molecule has 0 radical (unpaired) electrons. The van der Waals surface area contributed by atoms with E-state index >= 15 is 0 Å². The smallest absolute Gasteiger partial charge is 0.266 e. The van der Waals surface area contributed by atoms with E-state index in [9.17, 15) is 4.79 Å². The molecule has 0 aromatic heterocycles. The number of amides is 1. The van der Waals surface area contributed by atoms with Crippen molar-refractivity contribution in [2.45, 2.75) is 13.8 Å². The van der Waals surface area contributed by atoms with Crippen LogP contribution >= 0.6 is 23.4 Å². The van der Waals surface area contributed by atoms with Crippen molar-refractivity contribution in [2.75, 3.05) is 10.7 Å². The van der Waals surface area contributed by atoms with Crippen LogP contribution in [0.25, 0.3) is 6.08 Å². The zero-order valence-electron chi connectivity index (χ0n) is 14.7. The van der Waals surface area contributed by atoms with Crippen molar-refractivity contribution >= 4 is 46.2 Å². The van der Waals surface area contributed by atoms with Gasteiger partial charge in [-0.15, -0.1) is 6.58 Å². The van der Waals surface area contributed by atoms with Crippen LogP contribution in [0, 0.1) is 13.8 Å². The van der Waals surface area contributed by atoms with E-state index in [1.54, 1.807) is 17.1 Å². The summed E-state index contributed by atoms with van der Waals surface area (Å²) in [7, 11) is 0. The first-order chi connectivity index (χ1) is 12.5. The molecular formula is C21H19ClN2OS. The third-order valence-electron chi connectivity index (χ3n) is 3.88. The van der Waals surface area contributed by atoms with Crippen LogP contribution in [0.4, 0.5) is 5.69 Å². The van der Waals surface area contributed by atoms with E-state index in [2.05, 4.69) is 11.6 Å². The normalized spacial score (nSPS) is 15.5. The summed E-state index contributed by atoms with van der Waals surface area (Å²) in [6, 6.07) is 13.6. The molecule has 0 N–H and O–H groups in total. The molecule has 0 spiro atoms. The van der Waals surface area contributed by atoms with Gasteiger partial charge in [0.2, 0.25) is 0 Å². The van der Waals surface area contributed by atoms with Gasteiger partial charge in [-0.05, 0) is 43.2 Å². The van der Waals surface area contributed by atoms with E-state index in [0.29, 0.717) is 27.3 Å². The summed E-state index contributed by atoms with van der Waals surface area (Å²) in [5, 5.41) is 1.14. The molecule has 0 saturated carbocycles. The number of halogens is 1. The quantitative estimate of drug-likeness (QED) is 0.507. The Kier molecular flexibility index (Phi) is 5.64. The lowest BCUT2D eigenvalue weighted by Gasteiger charge is -2.19. The summed E-state index contributed by atoms with van der Waals surface area (Å²) in [6.45, 7) is 7.74. The number of carbonyl (C=O) groups excluding carboxylic acids is 1. The Morgan fingerprint density at radius 3 is 2.50 bits per heavy atom. The highest BCUT2D eigenvalue weighted by Gasteiger charge is 2.32. The fourth-order valence-corrected chi connectivity index (χ4v) is 3.61. The topological polar surface area (TPSA) is 32.7 Å². The summed E-state index contributed by atoms with van der Waals surface area (Å²) >= 11 is 7.86. The van der Waals surface area contributed by atoms with Gasteiger partial charge in [-0.25, -0.2) is 4.99 Å². The number of amidine groups is 1. The van der Waals surface area contributed by atoms with E-state index in [-0.39, 0.29) is 5.91 Å². The molecule has 5 heteroatoms. The Morgan fingerprint density at radius 1 is 1.15 bits per heavy atom. The molecule has 132 valence electrons. The lowest BCUT2D eigenvalue weighted by atomic mass is 10.1. The van der Waals surface area contributed by atoms with Crippen LogP contribution in [-0.4, -0.2) is 16.8 Å². The molecular weight excluding hydrogens is 364 g/mol. The average Bonchev–Trinajstić information content (AvgIpc) is 2.91. The van der Waals surface area contributed by atoms with Crippen LogP contribution in [0.15, 0.2) is 65.8 Å². The molecule has 3 rings (SSSR count). The first kappa shape index (κ1) is 18.5. The minimum Gasteiger partial charge on any atom is -0.266 e. The predicted octanol–water partition coefficient (Wildman–Crippen LogP) is 5.62. The molecule has 1 heterocycles. The zero-order chi connectivity index (χ0) is 18.7. The molecule has 2 aromatic carbocycles. The lowest BCUT2D eigenvalue weighted by molar-refractivity contribution is -0.113. The molecule has 0 bridgehead atoms. The second kappa shape index (κ2) is 7.94. The Balaban J connectivity index is 2.01. The Morgan fingerprint density at radius 2 is 1.85 bits per heavy atom. The number of rotatable bonds is 4. The Hall–Kier alpha value is -2.30. The summed E-state index contributed by atoms with van der Waals surface area (Å²) < 4.78 is 0. The number of carbonyl (C=O) groups is 1. The maximum Gasteiger partial charge on any atom is 0.283 e. The highest BCUT2D eigenvalue weighted by atomic mass is 35.5. The van der Waals surface area contributed by atoms with Gasteiger partial charge in [0.25, 0.3) is 5.91 Å². The van der Waals surface area contributed by atoms with E-state index in [4.69, 9.17) is 11.6 Å². The number of hydrogen-bond donors (Lipinski definition) is 0. The minimum absolute atomic E-state index is 0.178. The minimum atomic E-state index is -0.178. The molecule has 0 aliphatic carbocycles. The number of benzene rings is 2. The molecule has 0 saturated heterocycles. The number of nitrogens with zero attached hydrogens (tertiary/aromatic N) is 2. The van der Waals surface area contributed by atoms with Gasteiger partial charge in [-0.3, -0.25) is 9.69 Å². The van der Waals surface area contributed by atoms with Crippen LogP contribution in [0.1, 0.15) is 16.7 Å². The van der Waals surface area contributed by atoms with E-state index < -0.39 is 0 Å². The summed E-state index contributed by atoms with van der Waals surface area (Å²) in [5.41, 5.74) is 4.19. The monoisotopic (exact) mass is 382 g/mol. The molecule has 3 nitrogen and oxygen atoms in total. The van der Waals surface area contributed by atoms with Gasteiger partial charge < -0.3 is 0 Å². The van der Waals surface area contributed by atoms with Crippen molar-refractivity contribution in [3.63, 3.8) is 0 Å². The van der Waals surface area contributed by atoms with E-state index in [1.807, 2.05) is 56.3 Å². The van der Waals surface area contributed by atoms with Gasteiger partial charge in [0, 0.05) is 5.75 Å². The van der Waals surface area contributed by atoms with Crippen molar-refractivity contribution in [3.05, 3.63) is 82.5 Å². The number of aryl methyl sites for hydroxylation is 2. The van der Waals surface area contributed by atoms with Crippen molar-refractivity contribution in [1.82, 2.24) is 0 Å². The second-order valence-corrected chi connectivity index (χ2v) is 7.42. The van der Waals surface area contributed by atoms with Gasteiger partial charge >= 0.3 is 0 Å². The molecule has 1 aliphatic rings. The molecule has 1 amide bonds. The first-order valence-corrected chi connectivity index (χ1v) is 9.57.